The first-order chi connectivity index (χ1) is 16.4. The molecule has 2 unspecified atom stereocenters. The molecule has 1 saturated heterocycles. The predicted molar refractivity (Wildman–Crippen MR) is 121 cm³/mol. The van der Waals surface area contributed by atoms with Gasteiger partial charge in [0.1, 0.15) is 24.0 Å². The van der Waals surface area contributed by atoms with E-state index in [1.54, 1.807) is 0 Å². The number of nitrogens with one attached hydrogen (secondary N) is 2. The number of carboxylic acids is 1. The Morgan fingerprint density at radius 2 is 2.06 bits per heavy atom. The Hall–Kier alpha value is -2.95. The van der Waals surface area contributed by atoms with Gasteiger partial charge < -0.3 is 24.6 Å². The van der Waals surface area contributed by atoms with Crippen molar-refractivity contribution in [2.24, 2.45) is 0 Å². The van der Waals surface area contributed by atoms with Crippen LogP contribution in [-0.4, -0.2) is 61.3 Å². The maximum absolute atomic E-state index is 13.3. The highest BCUT2D eigenvalue weighted by molar-refractivity contribution is 7.52. The average Bonchev–Trinajstić information content (AvgIpc) is 3.05. The number of terminal acetylenes is 1. The summed E-state index contributed by atoms with van der Waals surface area (Å²) in [5.74, 6) is 0.632. The number of carboxylic acid groups (broad SMARTS) is 1. The highest BCUT2D eigenvalue weighted by atomic mass is 35.5. The van der Waals surface area contributed by atoms with Crippen molar-refractivity contribution >= 4 is 25.3 Å². The minimum atomic E-state index is -4.42. The van der Waals surface area contributed by atoms with Gasteiger partial charge in [-0.1, -0.05) is 17.5 Å². The lowest BCUT2D eigenvalue weighted by Crippen LogP contribution is -2.48. The van der Waals surface area contributed by atoms with E-state index in [0.717, 1.165) is 16.8 Å². The van der Waals surface area contributed by atoms with E-state index >= 15 is 0 Å². The smallest absolute Gasteiger partial charge is 0.459 e. The third-order valence-corrected chi connectivity index (χ3v) is 6.88. The molecule has 1 aliphatic rings. The number of ether oxygens (including phenoxy) is 1. The predicted octanol–water partition coefficient (Wildman–Crippen LogP) is 0.0790. The van der Waals surface area contributed by atoms with Gasteiger partial charge in [-0.25, -0.2) is 9.36 Å². The van der Waals surface area contributed by atoms with Crippen LogP contribution < -0.4 is 20.9 Å². The number of halogens is 1. The first-order valence-electron chi connectivity index (χ1n) is 9.94. The first-order valence-corrected chi connectivity index (χ1v) is 11.9. The number of carbonyl (C=O) groups is 1. The van der Waals surface area contributed by atoms with Crippen molar-refractivity contribution in [3.63, 3.8) is 0 Å². The minimum Gasteiger partial charge on any atom is -0.480 e. The van der Waals surface area contributed by atoms with E-state index in [4.69, 9.17) is 31.8 Å². The maximum Gasteiger partial charge on any atom is 0.459 e. The van der Waals surface area contributed by atoms with Crippen LogP contribution in [0.5, 0.6) is 5.75 Å². The third-order valence-electron chi connectivity index (χ3n) is 4.99. The van der Waals surface area contributed by atoms with Crippen LogP contribution in [0, 0.1) is 12.3 Å². The summed E-state index contributed by atoms with van der Waals surface area (Å²) in [7, 11) is -4.42. The van der Waals surface area contributed by atoms with Gasteiger partial charge in [-0.2, -0.15) is 5.09 Å². The fraction of sp³-hybridized carbons (Fsp3) is 0.350. The lowest BCUT2D eigenvalue weighted by Gasteiger charge is -2.26. The number of aliphatic carboxylic acids is 1. The number of aromatic amines is 1. The van der Waals surface area contributed by atoms with E-state index in [9.17, 15) is 34.3 Å². The number of aromatic nitrogens is 2. The van der Waals surface area contributed by atoms with Crippen LogP contribution in [0.25, 0.3) is 0 Å². The highest BCUT2D eigenvalue weighted by Gasteiger charge is 2.56. The summed E-state index contributed by atoms with van der Waals surface area (Å²) in [5, 5.41) is 33.2. The lowest BCUT2D eigenvalue weighted by molar-refractivity contribution is -0.138. The number of benzene rings is 1. The molecule has 6 atom stereocenters. The molecule has 0 amide bonds. The highest BCUT2D eigenvalue weighted by Crippen LogP contribution is 2.47. The van der Waals surface area contributed by atoms with E-state index in [0.29, 0.717) is 5.02 Å². The van der Waals surface area contributed by atoms with Gasteiger partial charge in [0.2, 0.25) is 0 Å². The number of rotatable bonds is 9. The molecule has 0 saturated carbocycles. The molecule has 3 rings (SSSR count). The molecular formula is C20H21ClN3O10P. The second-order valence-electron chi connectivity index (χ2n) is 7.49. The molecule has 35 heavy (non-hydrogen) atoms. The average molecular weight is 530 g/mol. The van der Waals surface area contributed by atoms with Gasteiger partial charge in [0.05, 0.1) is 6.61 Å². The number of hydrogen-bond donors (Lipinski definition) is 5. The summed E-state index contributed by atoms with van der Waals surface area (Å²) < 4.78 is 30.3. The summed E-state index contributed by atoms with van der Waals surface area (Å²) >= 11 is 5.82. The number of aliphatic hydroxyl groups is 2. The zero-order valence-electron chi connectivity index (χ0n) is 18.0. The van der Waals surface area contributed by atoms with Crippen LogP contribution in [0.4, 0.5) is 0 Å². The molecule has 5 N–H and O–H groups in total. The van der Waals surface area contributed by atoms with E-state index in [1.807, 2.05) is 10.9 Å². The largest absolute Gasteiger partial charge is 0.480 e. The summed E-state index contributed by atoms with van der Waals surface area (Å²) in [6.07, 6.45) is 1.44. The SMILES string of the molecule is C#C[C@@]1(O)[C@H](O)[C@@H](COP(=O)(NC(C)C(=O)O)Oc2ccc(Cl)cc2)O[C@H]1n1ccc(=O)[nH]c1=O. The van der Waals surface area contributed by atoms with Crippen LogP contribution in [0.15, 0.2) is 46.1 Å². The molecule has 15 heteroatoms. The monoisotopic (exact) mass is 529 g/mol. The van der Waals surface area contributed by atoms with Gasteiger partial charge in [0.15, 0.2) is 11.8 Å². The molecular weight excluding hydrogens is 509 g/mol. The molecule has 0 radical (unpaired) electrons. The zero-order chi connectivity index (χ0) is 26.0. The fourth-order valence-corrected chi connectivity index (χ4v) is 4.77. The molecule has 1 fully saturated rings. The molecule has 2 aromatic rings. The van der Waals surface area contributed by atoms with Crippen molar-refractivity contribution in [2.75, 3.05) is 6.61 Å². The number of nitrogens with zero attached hydrogens (tertiary/aromatic N) is 1. The van der Waals surface area contributed by atoms with Crippen molar-refractivity contribution in [1.82, 2.24) is 14.6 Å². The van der Waals surface area contributed by atoms with Crippen LogP contribution in [0.2, 0.25) is 5.02 Å². The summed E-state index contributed by atoms with van der Waals surface area (Å²) in [6, 6.07) is 5.20. The number of H-pyrrole nitrogens is 1. The van der Waals surface area contributed by atoms with Crippen LogP contribution in [0.3, 0.4) is 0 Å². The molecule has 0 aliphatic carbocycles. The Bertz CT molecular complexity index is 1290. The molecule has 2 heterocycles. The second-order valence-corrected chi connectivity index (χ2v) is 9.62. The molecule has 13 nitrogen and oxygen atoms in total. The van der Waals surface area contributed by atoms with Gasteiger partial charge in [-0.3, -0.25) is 23.7 Å². The van der Waals surface area contributed by atoms with E-state index in [1.165, 1.54) is 31.2 Å². The molecule has 0 spiro atoms. The topological polar surface area (TPSA) is 189 Å². The second kappa shape index (κ2) is 10.3. The minimum absolute atomic E-state index is 0.0218. The molecule has 1 aliphatic heterocycles. The van der Waals surface area contributed by atoms with Crippen molar-refractivity contribution in [3.05, 3.63) is 62.4 Å². The Kier molecular flexibility index (Phi) is 7.88. The quantitative estimate of drug-likeness (QED) is 0.218. The molecule has 1 aromatic carbocycles. The van der Waals surface area contributed by atoms with E-state index in [-0.39, 0.29) is 5.75 Å². The van der Waals surface area contributed by atoms with Gasteiger partial charge in [-0.05, 0) is 31.2 Å². The van der Waals surface area contributed by atoms with Crippen LogP contribution in [0.1, 0.15) is 13.2 Å². The normalized spacial score (nSPS) is 26.4. The standard InChI is InChI=1S/C20H21ClN3O10P/c1-3-20(30)16(26)14(33-18(20)24-9-8-15(25)22-19(24)29)10-32-35(31,23-11(2)17(27)28)34-13-6-4-12(21)5-7-13/h1,4-9,11,14,16,18,26,30H,10H2,2H3,(H,23,31)(H,27,28)(H,22,25,29)/t11?,14-,16-,18-,20-,35?/m1/s1. The molecule has 0 bridgehead atoms. The van der Waals surface area contributed by atoms with Crippen molar-refractivity contribution in [3.8, 4) is 18.1 Å². The van der Waals surface area contributed by atoms with Crippen molar-refractivity contribution in [2.45, 2.75) is 37.0 Å². The summed E-state index contributed by atoms with van der Waals surface area (Å²) in [5.41, 5.74) is -4.13. The summed E-state index contributed by atoms with van der Waals surface area (Å²) in [4.78, 5) is 36.8. The first kappa shape index (κ1) is 26.7. The van der Waals surface area contributed by atoms with Gasteiger partial charge in [-0.15, -0.1) is 6.42 Å². The lowest BCUT2D eigenvalue weighted by atomic mass is 9.95. The summed E-state index contributed by atoms with van der Waals surface area (Å²) in [6.45, 7) is 0.476. The Balaban J connectivity index is 1.85. The third kappa shape index (κ3) is 5.83. The van der Waals surface area contributed by atoms with Crippen molar-refractivity contribution < 1.29 is 38.5 Å². The Morgan fingerprint density at radius 1 is 1.40 bits per heavy atom. The van der Waals surface area contributed by atoms with E-state index in [2.05, 4.69) is 5.09 Å². The van der Waals surface area contributed by atoms with Gasteiger partial charge >= 0.3 is 19.4 Å². The van der Waals surface area contributed by atoms with E-state index < -0.39 is 61.7 Å². The van der Waals surface area contributed by atoms with Crippen LogP contribution >= 0.6 is 19.3 Å². The van der Waals surface area contributed by atoms with Crippen molar-refractivity contribution in [1.29, 1.82) is 0 Å². The fourth-order valence-electron chi connectivity index (χ4n) is 3.14. The Labute approximate surface area is 202 Å². The van der Waals surface area contributed by atoms with Crippen LogP contribution in [-0.2, 0) is 18.6 Å². The zero-order valence-corrected chi connectivity index (χ0v) is 19.7. The molecule has 188 valence electrons. The Morgan fingerprint density at radius 3 is 2.63 bits per heavy atom. The van der Waals surface area contributed by atoms with Gasteiger partial charge in [0, 0.05) is 17.3 Å². The number of aliphatic hydroxyl groups excluding tert-OH is 1. The number of hydrogen-bond acceptors (Lipinski definition) is 9. The van der Waals surface area contributed by atoms with Gasteiger partial charge in [0.25, 0.3) is 5.56 Å². The maximum atomic E-state index is 13.3. The molecule has 1 aromatic heterocycles.